The SMILES string of the molecule is C=C1C(=O)OC2CC(C)C3C=CC(=O)C3(C)C(OC(=O)CCc3ccccc3)C12. The molecule has 1 saturated carbocycles. The van der Waals surface area contributed by atoms with E-state index in [1.807, 2.05) is 43.3 Å². The first-order chi connectivity index (χ1) is 13.8. The summed E-state index contributed by atoms with van der Waals surface area (Å²) in [5.41, 5.74) is 0.422. The van der Waals surface area contributed by atoms with Gasteiger partial charge in [-0.2, -0.15) is 0 Å². The summed E-state index contributed by atoms with van der Waals surface area (Å²) in [5.74, 6) is -1.36. The van der Waals surface area contributed by atoms with Gasteiger partial charge in [0.2, 0.25) is 0 Å². The molecule has 0 amide bonds. The largest absolute Gasteiger partial charge is 0.460 e. The van der Waals surface area contributed by atoms with E-state index in [1.54, 1.807) is 6.08 Å². The average molecular weight is 394 g/mol. The standard InChI is InChI=1S/C24H26O5/c1-14-13-18-21(15(2)23(27)28-18)22(24(3)17(14)10-11-19(24)25)29-20(26)12-9-16-7-5-4-6-8-16/h4-8,10-11,14,17-18,21-22H,2,9,12-13H2,1,3H3. The number of ether oxygens (including phenoxy) is 2. The summed E-state index contributed by atoms with van der Waals surface area (Å²) in [7, 11) is 0. The van der Waals surface area contributed by atoms with Crippen LogP contribution in [0.25, 0.3) is 0 Å². The number of fused-ring (bicyclic) bond motifs is 2. The van der Waals surface area contributed by atoms with Crippen molar-refractivity contribution in [3.63, 3.8) is 0 Å². The average Bonchev–Trinajstić information content (AvgIpc) is 3.12. The Morgan fingerprint density at radius 2 is 2.00 bits per heavy atom. The molecule has 6 atom stereocenters. The highest BCUT2D eigenvalue weighted by molar-refractivity contribution is 5.99. The van der Waals surface area contributed by atoms with E-state index in [0.717, 1.165) is 5.56 Å². The minimum atomic E-state index is -0.918. The maximum atomic E-state index is 12.9. The van der Waals surface area contributed by atoms with Crippen molar-refractivity contribution < 1.29 is 23.9 Å². The van der Waals surface area contributed by atoms with Crippen molar-refractivity contribution in [3.8, 4) is 0 Å². The van der Waals surface area contributed by atoms with Crippen molar-refractivity contribution in [2.45, 2.75) is 45.3 Å². The fourth-order valence-corrected chi connectivity index (χ4v) is 5.24. The van der Waals surface area contributed by atoms with Gasteiger partial charge in [-0.05, 0) is 43.2 Å². The lowest BCUT2D eigenvalue weighted by Gasteiger charge is -2.39. The molecule has 0 N–H and O–H groups in total. The summed E-state index contributed by atoms with van der Waals surface area (Å²) in [6, 6.07) is 9.71. The quantitative estimate of drug-likeness (QED) is 0.578. The number of esters is 2. The van der Waals surface area contributed by atoms with E-state index in [9.17, 15) is 14.4 Å². The van der Waals surface area contributed by atoms with Crippen LogP contribution in [-0.2, 0) is 30.3 Å². The molecule has 2 aliphatic carbocycles. The number of carbonyl (C=O) groups excluding carboxylic acids is 3. The molecular formula is C24H26O5. The van der Waals surface area contributed by atoms with Crippen LogP contribution in [0.5, 0.6) is 0 Å². The Morgan fingerprint density at radius 3 is 2.72 bits per heavy atom. The number of allylic oxidation sites excluding steroid dienone is 2. The van der Waals surface area contributed by atoms with E-state index in [0.29, 0.717) is 18.4 Å². The molecule has 0 spiro atoms. The predicted molar refractivity (Wildman–Crippen MR) is 107 cm³/mol. The Hall–Kier alpha value is -2.69. The molecule has 152 valence electrons. The van der Waals surface area contributed by atoms with Gasteiger partial charge in [0.15, 0.2) is 5.78 Å². The van der Waals surface area contributed by atoms with E-state index in [4.69, 9.17) is 9.47 Å². The van der Waals surface area contributed by atoms with Gasteiger partial charge in [0.05, 0.1) is 11.3 Å². The minimum absolute atomic E-state index is 0.0667. The van der Waals surface area contributed by atoms with E-state index in [-0.39, 0.29) is 30.0 Å². The van der Waals surface area contributed by atoms with Crippen LogP contribution in [0.3, 0.4) is 0 Å². The third-order valence-corrected chi connectivity index (χ3v) is 6.86. The highest BCUT2D eigenvalue weighted by Crippen LogP contribution is 2.54. The molecule has 1 saturated heterocycles. The second kappa shape index (κ2) is 7.29. The Labute approximate surface area is 170 Å². The molecular weight excluding hydrogens is 368 g/mol. The Kier molecular flexibility index (Phi) is 4.93. The van der Waals surface area contributed by atoms with Gasteiger partial charge in [0, 0.05) is 12.0 Å². The van der Waals surface area contributed by atoms with Gasteiger partial charge >= 0.3 is 11.9 Å². The number of carbonyl (C=O) groups is 3. The second-order valence-electron chi connectivity index (χ2n) is 8.64. The van der Waals surface area contributed by atoms with Crippen LogP contribution in [0.15, 0.2) is 54.6 Å². The van der Waals surface area contributed by atoms with Gasteiger partial charge in [0.1, 0.15) is 12.2 Å². The van der Waals surface area contributed by atoms with Crippen LogP contribution in [-0.4, -0.2) is 29.9 Å². The molecule has 0 radical (unpaired) electrons. The Bertz CT molecular complexity index is 886. The zero-order valence-electron chi connectivity index (χ0n) is 16.8. The smallest absolute Gasteiger partial charge is 0.334 e. The molecule has 0 bridgehead atoms. The minimum Gasteiger partial charge on any atom is -0.460 e. The topological polar surface area (TPSA) is 69.7 Å². The summed E-state index contributed by atoms with van der Waals surface area (Å²) in [4.78, 5) is 37.9. The molecule has 0 aromatic heterocycles. The third-order valence-electron chi connectivity index (χ3n) is 6.86. The van der Waals surface area contributed by atoms with Crippen LogP contribution >= 0.6 is 0 Å². The van der Waals surface area contributed by atoms with E-state index >= 15 is 0 Å². The van der Waals surface area contributed by atoms with Gasteiger partial charge in [0.25, 0.3) is 0 Å². The van der Waals surface area contributed by atoms with Crippen molar-refractivity contribution in [1.82, 2.24) is 0 Å². The number of aryl methyl sites for hydroxylation is 1. The molecule has 2 fully saturated rings. The van der Waals surface area contributed by atoms with Gasteiger partial charge in [-0.15, -0.1) is 0 Å². The summed E-state index contributed by atoms with van der Waals surface area (Å²) in [6.45, 7) is 7.81. The summed E-state index contributed by atoms with van der Waals surface area (Å²) < 4.78 is 11.5. The molecule has 6 unspecified atom stereocenters. The summed E-state index contributed by atoms with van der Waals surface area (Å²) >= 11 is 0. The first-order valence-electron chi connectivity index (χ1n) is 10.2. The van der Waals surface area contributed by atoms with Crippen LogP contribution in [0, 0.1) is 23.2 Å². The van der Waals surface area contributed by atoms with E-state index in [1.165, 1.54) is 0 Å². The van der Waals surface area contributed by atoms with Crippen LogP contribution in [0.2, 0.25) is 0 Å². The Balaban J connectivity index is 1.61. The predicted octanol–water partition coefficient (Wildman–Crippen LogP) is 3.43. The molecule has 1 aromatic carbocycles. The van der Waals surface area contributed by atoms with Gasteiger partial charge in [-0.1, -0.05) is 49.9 Å². The first kappa shape index (κ1) is 19.6. The zero-order valence-corrected chi connectivity index (χ0v) is 16.8. The first-order valence-corrected chi connectivity index (χ1v) is 10.2. The van der Waals surface area contributed by atoms with Crippen molar-refractivity contribution in [2.75, 3.05) is 0 Å². The molecule has 1 aromatic rings. The van der Waals surface area contributed by atoms with Crippen molar-refractivity contribution in [2.24, 2.45) is 23.2 Å². The third kappa shape index (κ3) is 3.22. The zero-order chi connectivity index (χ0) is 20.8. The number of ketones is 1. The van der Waals surface area contributed by atoms with Crippen LogP contribution in [0.4, 0.5) is 0 Å². The molecule has 29 heavy (non-hydrogen) atoms. The number of hydrogen-bond donors (Lipinski definition) is 0. The summed E-state index contributed by atoms with van der Waals surface area (Å²) in [6.07, 6.45) is 3.70. The lowest BCUT2D eigenvalue weighted by molar-refractivity contribution is -0.164. The highest BCUT2D eigenvalue weighted by atomic mass is 16.6. The Morgan fingerprint density at radius 1 is 1.28 bits per heavy atom. The lowest BCUT2D eigenvalue weighted by atomic mass is 9.67. The monoisotopic (exact) mass is 394 g/mol. The number of rotatable bonds is 4. The number of benzene rings is 1. The van der Waals surface area contributed by atoms with Crippen LogP contribution in [0.1, 0.15) is 32.3 Å². The molecule has 5 nitrogen and oxygen atoms in total. The molecule has 3 aliphatic rings. The molecule has 4 rings (SSSR count). The normalized spacial score (nSPS) is 35.7. The number of hydrogen-bond acceptors (Lipinski definition) is 5. The molecule has 1 aliphatic heterocycles. The summed E-state index contributed by atoms with van der Waals surface area (Å²) in [5, 5.41) is 0. The van der Waals surface area contributed by atoms with Crippen molar-refractivity contribution in [3.05, 3.63) is 60.2 Å². The van der Waals surface area contributed by atoms with Crippen LogP contribution < -0.4 is 0 Å². The maximum absolute atomic E-state index is 12.9. The van der Waals surface area contributed by atoms with Gasteiger partial charge < -0.3 is 9.47 Å². The lowest BCUT2D eigenvalue weighted by Crippen LogP contribution is -2.49. The van der Waals surface area contributed by atoms with E-state index < -0.39 is 29.5 Å². The fourth-order valence-electron chi connectivity index (χ4n) is 5.24. The van der Waals surface area contributed by atoms with Gasteiger partial charge in [-0.25, -0.2) is 4.79 Å². The van der Waals surface area contributed by atoms with Crippen molar-refractivity contribution in [1.29, 1.82) is 0 Å². The second-order valence-corrected chi connectivity index (χ2v) is 8.64. The molecule has 1 heterocycles. The molecule has 5 heteroatoms. The van der Waals surface area contributed by atoms with E-state index in [2.05, 4.69) is 13.5 Å². The highest BCUT2D eigenvalue weighted by Gasteiger charge is 2.61. The van der Waals surface area contributed by atoms with Gasteiger partial charge in [-0.3, -0.25) is 9.59 Å². The fraction of sp³-hybridized carbons (Fsp3) is 0.458. The maximum Gasteiger partial charge on any atom is 0.334 e. The van der Waals surface area contributed by atoms with Crippen molar-refractivity contribution >= 4 is 17.7 Å².